The Morgan fingerprint density at radius 2 is 1.67 bits per heavy atom. The van der Waals surface area contributed by atoms with Gasteiger partial charge >= 0.3 is 0 Å². The fraction of sp³-hybridized carbons (Fsp3) is 0.350. The lowest BCUT2D eigenvalue weighted by Crippen LogP contribution is -2.30. The zero-order chi connectivity index (χ0) is 19.6. The van der Waals surface area contributed by atoms with Gasteiger partial charge in [0.25, 0.3) is 5.91 Å². The Balaban J connectivity index is 1.80. The second-order valence-electron chi connectivity index (χ2n) is 5.61. The first-order valence-electron chi connectivity index (χ1n) is 8.76. The van der Waals surface area contributed by atoms with Crippen LogP contribution in [0.5, 0.6) is 17.2 Å². The third kappa shape index (κ3) is 6.85. The maximum atomic E-state index is 11.9. The maximum Gasteiger partial charge on any atom is 0.257 e. The molecule has 2 rings (SSSR count). The van der Waals surface area contributed by atoms with Crippen LogP contribution in [0, 0.1) is 0 Å². The molecule has 0 unspecified atom stereocenters. The molecule has 0 aromatic heterocycles. The van der Waals surface area contributed by atoms with Gasteiger partial charge in [-0.2, -0.15) is 0 Å². The first kappa shape index (κ1) is 21.2. The van der Waals surface area contributed by atoms with Crippen LogP contribution in [0.15, 0.2) is 36.4 Å². The largest absolute Gasteiger partial charge is 0.490 e. The molecule has 27 heavy (non-hydrogen) atoms. The highest BCUT2D eigenvalue weighted by Gasteiger charge is 2.08. The molecule has 2 aromatic rings. The molecule has 1 N–H and O–H groups in total. The van der Waals surface area contributed by atoms with Gasteiger partial charge in [-0.15, -0.1) is 0 Å². The number of ether oxygens (including phenoxy) is 3. The summed E-state index contributed by atoms with van der Waals surface area (Å²) in [5, 5.41) is 3.65. The van der Waals surface area contributed by atoms with Gasteiger partial charge in [-0.25, -0.2) is 0 Å². The summed E-state index contributed by atoms with van der Waals surface area (Å²) in [5.74, 6) is 1.72. The highest BCUT2D eigenvalue weighted by molar-refractivity contribution is 6.42. The van der Waals surface area contributed by atoms with Crippen LogP contribution in [-0.4, -0.2) is 32.3 Å². The molecule has 7 heteroatoms. The van der Waals surface area contributed by atoms with Gasteiger partial charge in [0.05, 0.1) is 23.3 Å². The quantitative estimate of drug-likeness (QED) is 0.623. The molecule has 0 heterocycles. The Morgan fingerprint density at radius 3 is 2.37 bits per heavy atom. The second kappa shape index (κ2) is 10.9. The topological polar surface area (TPSA) is 56.8 Å². The monoisotopic (exact) mass is 411 g/mol. The van der Waals surface area contributed by atoms with E-state index >= 15 is 0 Å². The molecule has 1 amide bonds. The SMILES string of the molecule is CCOc1ccc(CCNC(=O)COc2ccc(Cl)c(Cl)c2)cc1OCC. The lowest BCUT2D eigenvalue weighted by molar-refractivity contribution is -0.123. The smallest absolute Gasteiger partial charge is 0.257 e. The maximum absolute atomic E-state index is 11.9. The van der Waals surface area contributed by atoms with Crippen LogP contribution in [-0.2, 0) is 11.2 Å². The molecule has 0 fully saturated rings. The predicted octanol–water partition coefficient (Wildman–Crippen LogP) is 4.53. The number of carbonyl (C=O) groups excluding carboxylic acids is 1. The predicted molar refractivity (Wildman–Crippen MR) is 107 cm³/mol. The standard InChI is InChI=1S/C20H23Cl2NO4/c1-3-25-18-8-5-14(11-19(18)26-4-2)9-10-23-20(24)13-27-15-6-7-16(21)17(22)12-15/h5-8,11-12H,3-4,9-10,13H2,1-2H3,(H,23,24). The molecule has 0 aliphatic carbocycles. The first-order valence-corrected chi connectivity index (χ1v) is 9.52. The van der Waals surface area contributed by atoms with Crippen molar-refractivity contribution in [2.75, 3.05) is 26.4 Å². The summed E-state index contributed by atoms with van der Waals surface area (Å²) in [6.07, 6.45) is 0.672. The molecule has 0 saturated heterocycles. The van der Waals surface area contributed by atoms with Crippen LogP contribution >= 0.6 is 23.2 Å². The van der Waals surface area contributed by atoms with E-state index in [9.17, 15) is 4.79 Å². The Morgan fingerprint density at radius 1 is 0.926 bits per heavy atom. The second-order valence-corrected chi connectivity index (χ2v) is 6.43. The van der Waals surface area contributed by atoms with E-state index in [0.717, 1.165) is 11.3 Å². The summed E-state index contributed by atoms with van der Waals surface area (Å²) >= 11 is 11.8. The number of hydrogen-bond donors (Lipinski definition) is 1. The number of hydrogen-bond acceptors (Lipinski definition) is 4. The number of nitrogens with one attached hydrogen (secondary N) is 1. The van der Waals surface area contributed by atoms with Gasteiger partial charge in [0, 0.05) is 12.6 Å². The Bertz CT molecular complexity index is 768. The highest BCUT2D eigenvalue weighted by atomic mass is 35.5. The van der Waals surface area contributed by atoms with Crippen molar-refractivity contribution in [1.82, 2.24) is 5.32 Å². The molecular formula is C20H23Cl2NO4. The molecule has 2 aromatic carbocycles. The summed E-state index contributed by atoms with van der Waals surface area (Å²) in [6.45, 7) is 5.39. The Kier molecular flexibility index (Phi) is 8.55. The average molecular weight is 412 g/mol. The van der Waals surface area contributed by atoms with E-state index in [0.29, 0.717) is 47.7 Å². The summed E-state index contributed by atoms with van der Waals surface area (Å²) in [6, 6.07) is 10.7. The lowest BCUT2D eigenvalue weighted by atomic mass is 10.1. The van der Waals surface area contributed by atoms with E-state index < -0.39 is 0 Å². The van der Waals surface area contributed by atoms with E-state index in [1.54, 1.807) is 18.2 Å². The third-order valence-electron chi connectivity index (χ3n) is 3.60. The van der Waals surface area contributed by atoms with E-state index in [4.69, 9.17) is 37.4 Å². The van der Waals surface area contributed by atoms with E-state index in [-0.39, 0.29) is 12.5 Å². The molecule has 0 aliphatic heterocycles. The molecule has 0 atom stereocenters. The summed E-state index contributed by atoms with van der Waals surface area (Å²) in [4.78, 5) is 11.9. The van der Waals surface area contributed by atoms with E-state index in [1.165, 1.54) is 0 Å². The molecular weight excluding hydrogens is 389 g/mol. The van der Waals surface area contributed by atoms with Gasteiger partial charge < -0.3 is 19.5 Å². The van der Waals surface area contributed by atoms with Crippen molar-refractivity contribution >= 4 is 29.1 Å². The zero-order valence-electron chi connectivity index (χ0n) is 15.4. The van der Waals surface area contributed by atoms with Crippen LogP contribution in [0.2, 0.25) is 10.0 Å². The van der Waals surface area contributed by atoms with Crippen LogP contribution < -0.4 is 19.5 Å². The lowest BCUT2D eigenvalue weighted by Gasteiger charge is -2.13. The summed E-state index contributed by atoms with van der Waals surface area (Å²) in [7, 11) is 0. The number of halogens is 2. The zero-order valence-corrected chi connectivity index (χ0v) is 16.9. The van der Waals surface area contributed by atoms with Crippen molar-refractivity contribution in [2.45, 2.75) is 20.3 Å². The average Bonchev–Trinajstić information content (AvgIpc) is 2.65. The number of amides is 1. The van der Waals surface area contributed by atoms with Crippen LogP contribution in [0.4, 0.5) is 0 Å². The van der Waals surface area contributed by atoms with Crippen LogP contribution in [0.1, 0.15) is 19.4 Å². The normalized spacial score (nSPS) is 10.4. The molecule has 0 radical (unpaired) electrons. The van der Waals surface area contributed by atoms with Gasteiger partial charge in [0.15, 0.2) is 18.1 Å². The fourth-order valence-electron chi connectivity index (χ4n) is 2.36. The van der Waals surface area contributed by atoms with Crippen molar-refractivity contribution in [3.8, 4) is 17.2 Å². The molecule has 146 valence electrons. The minimum absolute atomic E-state index is 0.0918. The molecule has 0 saturated carbocycles. The molecule has 0 spiro atoms. The summed E-state index contributed by atoms with van der Waals surface area (Å²) in [5.41, 5.74) is 1.05. The van der Waals surface area contributed by atoms with E-state index in [1.807, 2.05) is 32.0 Å². The van der Waals surface area contributed by atoms with Crippen molar-refractivity contribution in [2.24, 2.45) is 0 Å². The molecule has 0 bridgehead atoms. The van der Waals surface area contributed by atoms with Gasteiger partial charge in [0.1, 0.15) is 5.75 Å². The number of rotatable bonds is 10. The van der Waals surface area contributed by atoms with Gasteiger partial charge in [-0.3, -0.25) is 4.79 Å². The van der Waals surface area contributed by atoms with Crippen molar-refractivity contribution in [1.29, 1.82) is 0 Å². The Hall–Kier alpha value is -2.11. The fourth-order valence-corrected chi connectivity index (χ4v) is 2.65. The van der Waals surface area contributed by atoms with Gasteiger partial charge in [0.2, 0.25) is 0 Å². The summed E-state index contributed by atoms with van der Waals surface area (Å²) < 4.78 is 16.6. The minimum Gasteiger partial charge on any atom is -0.490 e. The third-order valence-corrected chi connectivity index (χ3v) is 4.34. The Labute approximate surface area is 169 Å². The van der Waals surface area contributed by atoms with Crippen molar-refractivity contribution in [3.63, 3.8) is 0 Å². The van der Waals surface area contributed by atoms with Gasteiger partial charge in [-0.1, -0.05) is 29.3 Å². The molecule has 0 aliphatic rings. The number of carbonyl (C=O) groups is 1. The van der Waals surface area contributed by atoms with Crippen LogP contribution in [0.3, 0.4) is 0 Å². The van der Waals surface area contributed by atoms with E-state index in [2.05, 4.69) is 5.32 Å². The van der Waals surface area contributed by atoms with Gasteiger partial charge in [-0.05, 0) is 50.1 Å². The minimum atomic E-state index is -0.211. The molecule has 5 nitrogen and oxygen atoms in total. The van der Waals surface area contributed by atoms with Crippen molar-refractivity contribution in [3.05, 3.63) is 52.0 Å². The first-order chi connectivity index (χ1) is 13.0. The van der Waals surface area contributed by atoms with Crippen molar-refractivity contribution < 1.29 is 19.0 Å². The number of benzene rings is 2. The highest BCUT2D eigenvalue weighted by Crippen LogP contribution is 2.28. The van der Waals surface area contributed by atoms with Crippen LogP contribution in [0.25, 0.3) is 0 Å².